The third-order valence-corrected chi connectivity index (χ3v) is 5.97. The first-order valence-corrected chi connectivity index (χ1v) is 11.6. The molecule has 0 spiro atoms. The molecule has 3 aromatic rings. The summed E-state index contributed by atoms with van der Waals surface area (Å²) in [7, 11) is 1.53. The molecule has 1 aromatic heterocycles. The molecule has 0 bridgehead atoms. The van der Waals surface area contributed by atoms with Crippen molar-refractivity contribution in [2.75, 3.05) is 17.7 Å². The van der Waals surface area contributed by atoms with E-state index in [0.717, 1.165) is 6.42 Å². The molecule has 0 fully saturated rings. The third kappa shape index (κ3) is 5.84. The second-order valence-corrected chi connectivity index (χ2v) is 8.45. The minimum absolute atomic E-state index is 0.00555. The fourth-order valence-corrected chi connectivity index (χ4v) is 4.05. The number of benzene rings is 2. The largest absolute Gasteiger partial charge is 0.496 e. The monoisotopic (exact) mass is 496 g/mol. The van der Waals surface area contributed by atoms with E-state index < -0.39 is 17.2 Å². The highest BCUT2D eigenvalue weighted by Gasteiger charge is 2.25. The number of H-pyrrole nitrogens is 1. The summed E-state index contributed by atoms with van der Waals surface area (Å²) in [5.41, 5.74) is 6.84. The van der Waals surface area contributed by atoms with Crippen molar-refractivity contribution in [1.29, 1.82) is 0 Å². The third-order valence-electron chi connectivity index (χ3n) is 5.64. The van der Waals surface area contributed by atoms with Crippen LogP contribution in [0.5, 0.6) is 5.75 Å². The number of anilines is 2. The Morgan fingerprint density at radius 1 is 1.17 bits per heavy atom. The molecule has 0 aliphatic rings. The number of hydrogen-bond acceptors (Lipinski definition) is 5. The van der Waals surface area contributed by atoms with Gasteiger partial charge in [0, 0.05) is 23.2 Å². The molecule has 8 nitrogen and oxygen atoms in total. The van der Waals surface area contributed by atoms with Crippen LogP contribution in [0.1, 0.15) is 37.8 Å². The Labute approximate surface area is 208 Å². The Morgan fingerprint density at radius 3 is 2.54 bits per heavy atom. The maximum atomic E-state index is 13.6. The van der Waals surface area contributed by atoms with Crippen molar-refractivity contribution in [3.8, 4) is 5.75 Å². The molecule has 0 atom stereocenters. The van der Waals surface area contributed by atoms with Crippen molar-refractivity contribution in [1.82, 2.24) is 9.55 Å². The molecule has 184 valence electrons. The lowest BCUT2D eigenvalue weighted by atomic mass is 10.1. The van der Waals surface area contributed by atoms with Gasteiger partial charge in [0.05, 0.1) is 13.7 Å². The van der Waals surface area contributed by atoms with E-state index in [9.17, 15) is 14.4 Å². The minimum Gasteiger partial charge on any atom is -0.496 e. The predicted molar refractivity (Wildman–Crippen MR) is 140 cm³/mol. The number of allylic oxidation sites excluding steroid dienone is 1. The van der Waals surface area contributed by atoms with E-state index in [0.29, 0.717) is 40.4 Å². The highest BCUT2D eigenvalue weighted by Crippen LogP contribution is 2.27. The van der Waals surface area contributed by atoms with Gasteiger partial charge in [-0.25, -0.2) is 4.79 Å². The molecule has 0 aliphatic carbocycles. The molecule has 0 radical (unpaired) electrons. The van der Waals surface area contributed by atoms with Crippen LogP contribution in [-0.2, 0) is 17.9 Å². The van der Waals surface area contributed by atoms with E-state index >= 15 is 0 Å². The standard InChI is InChI=1S/C26H29ClN4O4/c1-4-5-14-30-24(28)23(25(33)29-26(30)34)31(16-18-10-6-9-13-21(18)35-3)22(32)15-17(2)19-11-7-8-12-20(19)27/h6-13,15H,4-5,14,16,28H2,1-3H3,(H,29,33,34). The summed E-state index contributed by atoms with van der Waals surface area (Å²) >= 11 is 6.31. The average molecular weight is 497 g/mol. The van der Waals surface area contributed by atoms with Crippen LogP contribution in [0.2, 0.25) is 5.02 Å². The lowest BCUT2D eigenvalue weighted by Gasteiger charge is -2.24. The topological polar surface area (TPSA) is 110 Å². The van der Waals surface area contributed by atoms with Crippen LogP contribution < -0.4 is 26.6 Å². The van der Waals surface area contributed by atoms with Gasteiger partial charge in [0.25, 0.3) is 11.5 Å². The number of hydrogen-bond donors (Lipinski definition) is 2. The SMILES string of the molecule is CCCCn1c(N)c(N(Cc2ccccc2OC)C(=O)C=C(C)c2ccccc2Cl)c(=O)[nH]c1=O. The van der Waals surface area contributed by atoms with Crippen molar-refractivity contribution in [3.05, 3.63) is 91.6 Å². The number of nitrogens with one attached hydrogen (secondary N) is 1. The van der Waals surface area contributed by atoms with Crippen LogP contribution >= 0.6 is 11.6 Å². The summed E-state index contributed by atoms with van der Waals surface area (Å²) < 4.78 is 6.73. The van der Waals surface area contributed by atoms with Crippen molar-refractivity contribution in [2.24, 2.45) is 0 Å². The lowest BCUT2D eigenvalue weighted by molar-refractivity contribution is -0.114. The van der Waals surface area contributed by atoms with Gasteiger partial charge in [-0.05, 0) is 36.6 Å². The first-order valence-electron chi connectivity index (χ1n) is 11.3. The fourth-order valence-electron chi connectivity index (χ4n) is 3.77. The number of ether oxygens (including phenoxy) is 1. The first-order chi connectivity index (χ1) is 16.8. The molecule has 1 amide bonds. The maximum absolute atomic E-state index is 13.6. The Bertz CT molecular complexity index is 1360. The molecule has 2 aromatic carbocycles. The number of halogens is 1. The van der Waals surface area contributed by atoms with Crippen LogP contribution in [0, 0.1) is 0 Å². The molecule has 1 heterocycles. The molecular weight excluding hydrogens is 468 g/mol. The van der Waals surface area contributed by atoms with Gasteiger partial charge in [-0.2, -0.15) is 0 Å². The van der Waals surface area contributed by atoms with E-state index in [1.165, 1.54) is 22.7 Å². The van der Waals surface area contributed by atoms with Gasteiger partial charge in [-0.3, -0.25) is 24.0 Å². The summed E-state index contributed by atoms with van der Waals surface area (Å²) in [6, 6.07) is 14.3. The van der Waals surface area contributed by atoms with Crippen molar-refractivity contribution >= 4 is 34.6 Å². The molecule has 3 rings (SSSR count). The van der Waals surface area contributed by atoms with E-state index in [1.807, 2.05) is 19.1 Å². The normalized spacial score (nSPS) is 11.4. The number of para-hydroxylation sites is 1. The number of nitrogens with two attached hydrogens (primary N) is 1. The van der Waals surface area contributed by atoms with Gasteiger partial charge in [-0.1, -0.05) is 61.3 Å². The van der Waals surface area contributed by atoms with Crippen molar-refractivity contribution in [3.63, 3.8) is 0 Å². The van der Waals surface area contributed by atoms with E-state index in [4.69, 9.17) is 22.1 Å². The zero-order valence-electron chi connectivity index (χ0n) is 20.0. The van der Waals surface area contributed by atoms with E-state index in [-0.39, 0.29) is 18.1 Å². The summed E-state index contributed by atoms with van der Waals surface area (Å²) in [5.74, 6) is -0.0168. The first kappa shape index (κ1) is 25.8. The van der Waals surface area contributed by atoms with E-state index in [2.05, 4.69) is 4.98 Å². The summed E-state index contributed by atoms with van der Waals surface area (Å²) in [6.07, 6.45) is 2.91. The van der Waals surface area contributed by atoms with Gasteiger partial charge in [0.15, 0.2) is 5.69 Å². The smallest absolute Gasteiger partial charge is 0.330 e. The number of aromatic amines is 1. The minimum atomic E-state index is -0.743. The van der Waals surface area contributed by atoms with Gasteiger partial charge < -0.3 is 10.5 Å². The van der Waals surface area contributed by atoms with Crippen LogP contribution in [0.3, 0.4) is 0 Å². The number of carbonyl (C=O) groups is 1. The number of methoxy groups -OCH3 is 1. The Balaban J connectivity index is 2.17. The summed E-state index contributed by atoms with van der Waals surface area (Å²) in [4.78, 5) is 42.6. The second-order valence-electron chi connectivity index (χ2n) is 8.04. The molecule has 0 saturated heterocycles. The number of carbonyl (C=O) groups excluding carboxylic acids is 1. The number of aromatic nitrogens is 2. The Hall–Kier alpha value is -3.78. The summed E-state index contributed by atoms with van der Waals surface area (Å²) in [5, 5.41) is 0.496. The number of rotatable bonds is 9. The van der Waals surface area contributed by atoms with Crippen LogP contribution in [-0.4, -0.2) is 22.6 Å². The molecule has 9 heteroatoms. The van der Waals surface area contributed by atoms with Crippen LogP contribution in [0.15, 0.2) is 64.2 Å². The highest BCUT2D eigenvalue weighted by molar-refractivity contribution is 6.32. The number of amides is 1. The number of nitrogen functional groups attached to an aromatic ring is 1. The van der Waals surface area contributed by atoms with Crippen LogP contribution in [0.25, 0.3) is 5.57 Å². The molecule has 0 unspecified atom stereocenters. The molecule has 0 saturated carbocycles. The number of nitrogens with zero attached hydrogens (tertiary/aromatic N) is 2. The second kappa shape index (κ2) is 11.6. The van der Waals surface area contributed by atoms with Gasteiger partial charge in [-0.15, -0.1) is 0 Å². The zero-order chi connectivity index (χ0) is 25.5. The maximum Gasteiger partial charge on any atom is 0.330 e. The summed E-state index contributed by atoms with van der Waals surface area (Å²) in [6.45, 7) is 4.05. The Morgan fingerprint density at radius 2 is 1.86 bits per heavy atom. The van der Waals surface area contributed by atoms with Crippen LogP contribution in [0.4, 0.5) is 11.5 Å². The van der Waals surface area contributed by atoms with Gasteiger partial charge in [0.1, 0.15) is 11.6 Å². The lowest BCUT2D eigenvalue weighted by Crippen LogP contribution is -2.40. The van der Waals surface area contributed by atoms with E-state index in [1.54, 1.807) is 43.3 Å². The predicted octanol–water partition coefficient (Wildman–Crippen LogP) is 4.22. The Kier molecular flexibility index (Phi) is 8.54. The molecular formula is C26H29ClN4O4. The van der Waals surface area contributed by atoms with Gasteiger partial charge >= 0.3 is 5.69 Å². The fraction of sp³-hybridized carbons (Fsp3) is 0.269. The molecule has 0 aliphatic heterocycles. The zero-order valence-corrected chi connectivity index (χ0v) is 20.8. The van der Waals surface area contributed by atoms with Crippen molar-refractivity contribution < 1.29 is 9.53 Å². The average Bonchev–Trinajstić information content (AvgIpc) is 2.83. The number of unbranched alkanes of at least 4 members (excludes halogenated alkanes) is 1. The van der Waals surface area contributed by atoms with Gasteiger partial charge in [0.2, 0.25) is 0 Å². The molecule has 35 heavy (non-hydrogen) atoms. The molecule has 3 N–H and O–H groups in total. The van der Waals surface area contributed by atoms with Crippen molar-refractivity contribution in [2.45, 2.75) is 39.8 Å². The highest BCUT2D eigenvalue weighted by atomic mass is 35.5. The quantitative estimate of drug-likeness (QED) is 0.431.